The van der Waals surface area contributed by atoms with Crippen molar-refractivity contribution in [1.29, 1.82) is 5.26 Å². The van der Waals surface area contributed by atoms with Crippen molar-refractivity contribution in [1.82, 2.24) is 0 Å². The van der Waals surface area contributed by atoms with Crippen LogP contribution in [0.3, 0.4) is 0 Å². The van der Waals surface area contributed by atoms with E-state index in [9.17, 15) is 0 Å². The second-order valence-corrected chi connectivity index (χ2v) is 2.49. The predicted molar refractivity (Wildman–Crippen MR) is 51.7 cm³/mol. The zero-order valence-corrected chi connectivity index (χ0v) is 7.74. The Hall–Kier alpha value is -1.97. The Morgan fingerprint density at radius 1 is 1.50 bits per heavy atom. The molecule has 3 heteroatoms. The van der Waals surface area contributed by atoms with Gasteiger partial charge in [-0.15, -0.1) is 0 Å². The molecule has 3 nitrogen and oxygen atoms in total. The van der Waals surface area contributed by atoms with Crippen LogP contribution in [0.15, 0.2) is 18.2 Å². The van der Waals surface area contributed by atoms with Gasteiger partial charge in [-0.1, -0.05) is 11.8 Å². The molecule has 0 saturated heterocycles. The maximum absolute atomic E-state index is 8.66. The minimum Gasteiger partial charge on any atom is -0.495 e. The van der Waals surface area contributed by atoms with Crippen molar-refractivity contribution in [3.63, 3.8) is 0 Å². The molecular formula is C11H9NO2. The second-order valence-electron chi connectivity index (χ2n) is 2.49. The predicted octanol–water partition coefficient (Wildman–Crippen LogP) is 0.911. The van der Waals surface area contributed by atoms with E-state index in [1.807, 2.05) is 6.07 Å². The fourth-order valence-corrected chi connectivity index (χ4v) is 1.01. The molecule has 0 heterocycles. The fourth-order valence-electron chi connectivity index (χ4n) is 1.01. The molecule has 1 aromatic carbocycles. The molecule has 0 aliphatic rings. The van der Waals surface area contributed by atoms with E-state index >= 15 is 0 Å². The maximum atomic E-state index is 8.66. The van der Waals surface area contributed by atoms with E-state index in [4.69, 9.17) is 15.1 Å². The molecule has 0 atom stereocenters. The molecule has 0 amide bonds. The number of hydrogen-bond donors (Lipinski definition) is 1. The van der Waals surface area contributed by atoms with Crippen LogP contribution in [-0.2, 0) is 0 Å². The van der Waals surface area contributed by atoms with Gasteiger partial charge in [-0.25, -0.2) is 0 Å². The highest BCUT2D eigenvalue weighted by atomic mass is 16.5. The highest BCUT2D eigenvalue weighted by Gasteiger charge is 2.00. The Morgan fingerprint density at radius 2 is 2.29 bits per heavy atom. The molecule has 0 unspecified atom stereocenters. The first-order chi connectivity index (χ1) is 6.81. The molecular weight excluding hydrogens is 178 g/mol. The largest absolute Gasteiger partial charge is 0.495 e. The van der Waals surface area contributed by atoms with E-state index in [2.05, 4.69) is 11.8 Å². The zero-order valence-electron chi connectivity index (χ0n) is 7.74. The number of rotatable bonds is 1. The summed E-state index contributed by atoms with van der Waals surface area (Å²) < 4.78 is 5.05. The van der Waals surface area contributed by atoms with Gasteiger partial charge in [0.05, 0.1) is 24.3 Å². The number of nitrogens with zero attached hydrogens (tertiary/aromatic N) is 1. The van der Waals surface area contributed by atoms with Crippen LogP contribution in [0, 0.1) is 23.2 Å². The SMILES string of the molecule is COc1ccc(C#N)cc1C#CCO. The number of hydrogen-bond acceptors (Lipinski definition) is 3. The van der Waals surface area contributed by atoms with Crippen LogP contribution in [0.2, 0.25) is 0 Å². The molecule has 0 aliphatic carbocycles. The highest BCUT2D eigenvalue weighted by Crippen LogP contribution is 2.18. The molecule has 0 spiro atoms. The number of nitriles is 1. The van der Waals surface area contributed by atoms with E-state index in [-0.39, 0.29) is 6.61 Å². The van der Waals surface area contributed by atoms with Crippen LogP contribution in [0.25, 0.3) is 0 Å². The van der Waals surface area contributed by atoms with Gasteiger partial charge in [0.25, 0.3) is 0 Å². The van der Waals surface area contributed by atoms with Gasteiger partial charge < -0.3 is 9.84 Å². The first kappa shape index (κ1) is 10.1. The molecule has 0 aliphatic heterocycles. The standard InChI is InChI=1S/C11H9NO2/c1-14-11-5-4-9(8-12)7-10(11)3-2-6-13/h4-5,7,13H,6H2,1H3. The molecule has 1 N–H and O–H groups in total. The Morgan fingerprint density at radius 3 is 2.86 bits per heavy atom. The first-order valence-electron chi connectivity index (χ1n) is 3.99. The Kier molecular flexibility index (Phi) is 3.55. The summed E-state index contributed by atoms with van der Waals surface area (Å²) in [6, 6.07) is 6.97. The van der Waals surface area contributed by atoms with Crippen LogP contribution in [0.5, 0.6) is 5.75 Å². The van der Waals surface area contributed by atoms with Gasteiger partial charge in [0.1, 0.15) is 12.4 Å². The van der Waals surface area contributed by atoms with Crippen LogP contribution < -0.4 is 4.74 Å². The van der Waals surface area contributed by atoms with Crippen LogP contribution in [0.4, 0.5) is 0 Å². The molecule has 0 bridgehead atoms. The summed E-state index contributed by atoms with van der Waals surface area (Å²) in [6.45, 7) is -0.208. The Labute approximate surface area is 82.6 Å². The van der Waals surface area contributed by atoms with E-state index in [0.717, 1.165) is 0 Å². The molecule has 0 aromatic heterocycles. The summed E-state index contributed by atoms with van der Waals surface area (Å²) in [5.74, 6) is 5.82. The zero-order chi connectivity index (χ0) is 10.4. The average Bonchev–Trinajstić information content (AvgIpc) is 2.25. The van der Waals surface area contributed by atoms with E-state index in [1.165, 1.54) is 7.11 Å². The van der Waals surface area contributed by atoms with Crippen molar-refractivity contribution in [3.8, 4) is 23.7 Å². The Balaban J connectivity index is 3.16. The molecule has 0 fully saturated rings. The monoisotopic (exact) mass is 187 g/mol. The lowest BCUT2D eigenvalue weighted by Crippen LogP contribution is -1.89. The summed E-state index contributed by atoms with van der Waals surface area (Å²) in [5.41, 5.74) is 1.13. The molecule has 1 aromatic rings. The normalized spacial score (nSPS) is 8.36. The van der Waals surface area contributed by atoms with E-state index in [0.29, 0.717) is 16.9 Å². The summed E-state index contributed by atoms with van der Waals surface area (Å²) in [6.07, 6.45) is 0. The molecule has 1 rings (SSSR count). The van der Waals surface area contributed by atoms with Gasteiger partial charge in [0, 0.05) is 0 Å². The van der Waals surface area contributed by atoms with Crippen LogP contribution in [-0.4, -0.2) is 18.8 Å². The lowest BCUT2D eigenvalue weighted by molar-refractivity contribution is 0.350. The van der Waals surface area contributed by atoms with Gasteiger partial charge >= 0.3 is 0 Å². The van der Waals surface area contributed by atoms with Crippen LogP contribution >= 0.6 is 0 Å². The van der Waals surface area contributed by atoms with Crippen molar-refractivity contribution in [2.24, 2.45) is 0 Å². The third-order valence-corrected chi connectivity index (χ3v) is 1.63. The molecule has 0 radical (unpaired) electrons. The van der Waals surface area contributed by atoms with Crippen molar-refractivity contribution in [2.45, 2.75) is 0 Å². The van der Waals surface area contributed by atoms with E-state index < -0.39 is 0 Å². The number of ether oxygens (including phenoxy) is 1. The quantitative estimate of drug-likeness (QED) is 0.665. The van der Waals surface area contributed by atoms with Gasteiger partial charge in [0.15, 0.2) is 0 Å². The third-order valence-electron chi connectivity index (χ3n) is 1.63. The summed E-state index contributed by atoms with van der Waals surface area (Å²) >= 11 is 0. The molecule has 0 saturated carbocycles. The fraction of sp³-hybridized carbons (Fsp3) is 0.182. The minimum absolute atomic E-state index is 0.208. The number of aliphatic hydroxyl groups is 1. The van der Waals surface area contributed by atoms with Gasteiger partial charge in [-0.2, -0.15) is 5.26 Å². The molecule has 70 valence electrons. The lowest BCUT2D eigenvalue weighted by Gasteiger charge is -2.02. The van der Waals surface area contributed by atoms with Crippen molar-refractivity contribution >= 4 is 0 Å². The van der Waals surface area contributed by atoms with E-state index in [1.54, 1.807) is 18.2 Å². The molecule has 14 heavy (non-hydrogen) atoms. The maximum Gasteiger partial charge on any atom is 0.134 e. The highest BCUT2D eigenvalue weighted by molar-refractivity contribution is 5.50. The smallest absolute Gasteiger partial charge is 0.134 e. The van der Waals surface area contributed by atoms with Crippen molar-refractivity contribution in [2.75, 3.05) is 13.7 Å². The summed E-state index contributed by atoms with van der Waals surface area (Å²) in [4.78, 5) is 0. The summed E-state index contributed by atoms with van der Waals surface area (Å²) in [7, 11) is 1.53. The van der Waals surface area contributed by atoms with Crippen molar-refractivity contribution < 1.29 is 9.84 Å². The topological polar surface area (TPSA) is 53.2 Å². The van der Waals surface area contributed by atoms with Crippen LogP contribution in [0.1, 0.15) is 11.1 Å². The number of benzene rings is 1. The first-order valence-corrected chi connectivity index (χ1v) is 3.99. The number of methoxy groups -OCH3 is 1. The third kappa shape index (κ3) is 2.26. The Bertz CT molecular complexity index is 421. The number of aliphatic hydroxyl groups excluding tert-OH is 1. The van der Waals surface area contributed by atoms with Gasteiger partial charge in [-0.3, -0.25) is 0 Å². The lowest BCUT2D eigenvalue weighted by atomic mass is 10.1. The van der Waals surface area contributed by atoms with Gasteiger partial charge in [0.2, 0.25) is 0 Å². The minimum atomic E-state index is -0.208. The van der Waals surface area contributed by atoms with Crippen molar-refractivity contribution in [3.05, 3.63) is 29.3 Å². The second kappa shape index (κ2) is 4.91. The van der Waals surface area contributed by atoms with Gasteiger partial charge in [-0.05, 0) is 18.2 Å². The summed E-state index contributed by atoms with van der Waals surface area (Å²) in [5, 5.41) is 17.2. The average molecular weight is 187 g/mol.